The zero-order chi connectivity index (χ0) is 10.7. The third kappa shape index (κ3) is 2.02. The average Bonchev–Trinajstić information content (AvgIpc) is 2.44. The van der Waals surface area contributed by atoms with Gasteiger partial charge in [-0.2, -0.15) is 0 Å². The lowest BCUT2D eigenvalue weighted by Gasteiger charge is -2.09. The highest BCUT2D eigenvalue weighted by atomic mass is 35.5. The second-order valence-electron chi connectivity index (χ2n) is 2.82. The molecule has 0 aliphatic rings. The summed E-state index contributed by atoms with van der Waals surface area (Å²) >= 11 is 5.40. The summed E-state index contributed by atoms with van der Waals surface area (Å²) in [6.45, 7) is 1.68. The zero-order valence-electron chi connectivity index (χ0n) is 7.51. The smallest absolute Gasteiger partial charge is 0.258 e. The summed E-state index contributed by atoms with van der Waals surface area (Å²) < 4.78 is 1.28. The molecule has 1 heterocycles. The molecule has 0 radical (unpaired) electrons. The van der Waals surface area contributed by atoms with Crippen LogP contribution in [0.25, 0.3) is 0 Å². The number of halogens is 1. The maximum absolute atomic E-state index is 10.2. The van der Waals surface area contributed by atoms with Crippen molar-refractivity contribution in [3.05, 3.63) is 10.7 Å². The Labute approximate surface area is 85.1 Å². The molecule has 0 aromatic carbocycles. The summed E-state index contributed by atoms with van der Waals surface area (Å²) in [4.78, 5) is 13.9. The molecule has 1 aromatic heterocycles. The SMILES string of the molecule is Cc1nc(N=O)c(O)n1CC(O)CCl. The Morgan fingerprint density at radius 1 is 1.71 bits per heavy atom. The van der Waals surface area contributed by atoms with E-state index in [1.54, 1.807) is 6.92 Å². The van der Waals surface area contributed by atoms with E-state index in [4.69, 9.17) is 11.6 Å². The molecule has 1 atom stereocenters. The predicted molar refractivity (Wildman–Crippen MR) is 50.8 cm³/mol. The van der Waals surface area contributed by atoms with Gasteiger partial charge in [0.25, 0.3) is 5.82 Å². The first-order valence-corrected chi connectivity index (χ1v) is 4.47. The van der Waals surface area contributed by atoms with Gasteiger partial charge in [-0.3, -0.25) is 4.57 Å². The Kier molecular flexibility index (Phi) is 3.43. The Hall–Kier alpha value is -1.14. The van der Waals surface area contributed by atoms with Gasteiger partial charge in [0, 0.05) is 0 Å². The second-order valence-corrected chi connectivity index (χ2v) is 3.12. The molecule has 0 saturated carbocycles. The van der Waals surface area contributed by atoms with Gasteiger partial charge in [-0.25, -0.2) is 4.98 Å². The lowest BCUT2D eigenvalue weighted by Crippen LogP contribution is -2.17. The van der Waals surface area contributed by atoms with E-state index in [1.165, 1.54) is 4.57 Å². The molecule has 0 bridgehead atoms. The highest BCUT2D eigenvalue weighted by Gasteiger charge is 2.16. The summed E-state index contributed by atoms with van der Waals surface area (Å²) in [5, 5.41) is 21.2. The van der Waals surface area contributed by atoms with E-state index >= 15 is 0 Å². The molecule has 7 heteroatoms. The number of hydrogen-bond donors (Lipinski definition) is 2. The van der Waals surface area contributed by atoms with Crippen LogP contribution in [0, 0.1) is 11.8 Å². The van der Waals surface area contributed by atoms with Gasteiger partial charge >= 0.3 is 0 Å². The van der Waals surface area contributed by atoms with Gasteiger partial charge in [0.2, 0.25) is 5.88 Å². The van der Waals surface area contributed by atoms with Gasteiger partial charge in [-0.15, -0.1) is 16.5 Å². The number of nitroso groups, excluding NO2 is 1. The van der Waals surface area contributed by atoms with Crippen molar-refractivity contribution in [3.63, 3.8) is 0 Å². The summed E-state index contributed by atoms with van der Waals surface area (Å²) in [5.41, 5.74) is 0. The maximum atomic E-state index is 10.2. The Morgan fingerprint density at radius 3 is 2.79 bits per heavy atom. The molecule has 0 aliphatic carbocycles. The molecule has 78 valence electrons. The van der Waals surface area contributed by atoms with Crippen LogP contribution in [0.1, 0.15) is 5.82 Å². The maximum Gasteiger partial charge on any atom is 0.258 e. The van der Waals surface area contributed by atoms with Crippen LogP contribution in [-0.2, 0) is 6.54 Å². The van der Waals surface area contributed by atoms with Gasteiger partial charge in [-0.05, 0) is 12.1 Å². The summed E-state index contributed by atoms with van der Waals surface area (Å²) in [5.74, 6) is -0.173. The fourth-order valence-corrected chi connectivity index (χ4v) is 1.17. The first-order valence-electron chi connectivity index (χ1n) is 3.93. The lowest BCUT2D eigenvalue weighted by molar-refractivity contribution is 0.171. The van der Waals surface area contributed by atoms with Gasteiger partial charge in [0.15, 0.2) is 0 Å². The topological polar surface area (TPSA) is 87.7 Å². The van der Waals surface area contributed by atoms with Crippen molar-refractivity contribution in [2.45, 2.75) is 19.6 Å². The summed E-state index contributed by atoms with van der Waals surface area (Å²) in [6, 6.07) is 0. The number of nitrogens with zero attached hydrogens (tertiary/aromatic N) is 3. The van der Waals surface area contributed by atoms with Crippen molar-refractivity contribution in [2.24, 2.45) is 5.18 Å². The Bertz CT molecular complexity index is 339. The number of rotatable bonds is 4. The average molecular weight is 220 g/mol. The van der Waals surface area contributed by atoms with Gasteiger partial charge in [0.05, 0.1) is 18.5 Å². The van der Waals surface area contributed by atoms with E-state index in [1.807, 2.05) is 0 Å². The molecule has 0 spiro atoms. The molecule has 14 heavy (non-hydrogen) atoms. The number of hydrogen-bond acceptors (Lipinski definition) is 5. The second kappa shape index (κ2) is 4.39. The molecule has 0 amide bonds. The van der Waals surface area contributed by atoms with E-state index in [-0.39, 0.29) is 24.1 Å². The number of imidazole rings is 1. The largest absolute Gasteiger partial charge is 0.492 e. The van der Waals surface area contributed by atoms with Crippen molar-refractivity contribution >= 4 is 17.4 Å². The molecule has 0 fully saturated rings. The van der Waals surface area contributed by atoms with E-state index in [0.29, 0.717) is 5.82 Å². The minimum absolute atomic E-state index is 0.0426. The molecule has 0 saturated heterocycles. The normalized spacial score (nSPS) is 12.8. The highest BCUT2D eigenvalue weighted by molar-refractivity contribution is 6.18. The van der Waals surface area contributed by atoms with E-state index in [2.05, 4.69) is 10.2 Å². The minimum atomic E-state index is -0.796. The third-order valence-electron chi connectivity index (χ3n) is 1.77. The number of alkyl halides is 1. The van der Waals surface area contributed by atoms with Crippen molar-refractivity contribution in [3.8, 4) is 5.88 Å². The van der Waals surface area contributed by atoms with Crippen LogP contribution < -0.4 is 0 Å². The molecular formula is C7H10ClN3O3. The molecule has 1 unspecified atom stereocenters. The predicted octanol–water partition coefficient (Wildman–Crippen LogP) is 0.895. The minimum Gasteiger partial charge on any atom is -0.492 e. The van der Waals surface area contributed by atoms with Crippen LogP contribution in [0.2, 0.25) is 0 Å². The Balaban J connectivity index is 2.96. The fourth-order valence-electron chi connectivity index (χ4n) is 1.08. The monoisotopic (exact) mass is 219 g/mol. The van der Waals surface area contributed by atoms with Crippen LogP contribution in [0.3, 0.4) is 0 Å². The van der Waals surface area contributed by atoms with E-state index in [0.717, 1.165) is 0 Å². The summed E-state index contributed by atoms with van der Waals surface area (Å²) in [6.07, 6.45) is -0.796. The number of aryl methyl sites for hydroxylation is 1. The van der Waals surface area contributed by atoms with Gasteiger partial charge in [-0.1, -0.05) is 0 Å². The highest BCUT2D eigenvalue weighted by Crippen LogP contribution is 2.26. The van der Waals surface area contributed by atoms with E-state index in [9.17, 15) is 15.1 Å². The fraction of sp³-hybridized carbons (Fsp3) is 0.571. The number of aromatic nitrogens is 2. The quantitative estimate of drug-likeness (QED) is 0.582. The van der Waals surface area contributed by atoms with Crippen LogP contribution >= 0.6 is 11.6 Å². The number of aromatic hydroxyl groups is 1. The molecule has 1 aromatic rings. The third-order valence-corrected chi connectivity index (χ3v) is 2.13. The summed E-state index contributed by atoms with van der Waals surface area (Å²) in [7, 11) is 0. The molecule has 6 nitrogen and oxygen atoms in total. The molecule has 0 aliphatic heterocycles. The van der Waals surface area contributed by atoms with Crippen molar-refractivity contribution < 1.29 is 10.2 Å². The standard InChI is InChI=1S/C7H10ClN3O3/c1-4-9-6(10-14)7(13)11(4)3-5(12)2-8/h5,12-13H,2-3H2,1H3. The van der Waals surface area contributed by atoms with E-state index < -0.39 is 6.10 Å². The Morgan fingerprint density at radius 2 is 2.36 bits per heavy atom. The van der Waals surface area contributed by atoms with Gasteiger partial charge < -0.3 is 10.2 Å². The van der Waals surface area contributed by atoms with Crippen molar-refractivity contribution in [2.75, 3.05) is 5.88 Å². The van der Waals surface area contributed by atoms with Crippen LogP contribution in [0.15, 0.2) is 5.18 Å². The van der Waals surface area contributed by atoms with Crippen molar-refractivity contribution in [1.29, 1.82) is 0 Å². The molecular weight excluding hydrogens is 210 g/mol. The number of aliphatic hydroxyl groups is 1. The first kappa shape index (κ1) is 10.9. The van der Waals surface area contributed by atoms with Crippen LogP contribution in [0.5, 0.6) is 5.88 Å². The number of aliphatic hydroxyl groups excluding tert-OH is 1. The zero-order valence-corrected chi connectivity index (χ0v) is 8.27. The van der Waals surface area contributed by atoms with Crippen molar-refractivity contribution in [1.82, 2.24) is 9.55 Å². The lowest BCUT2D eigenvalue weighted by atomic mass is 10.4. The molecule has 2 N–H and O–H groups in total. The van der Waals surface area contributed by atoms with Crippen LogP contribution in [0.4, 0.5) is 5.82 Å². The first-order chi connectivity index (χ1) is 6.60. The molecule has 1 rings (SSSR count). The van der Waals surface area contributed by atoms with Crippen LogP contribution in [-0.4, -0.2) is 31.7 Å². The van der Waals surface area contributed by atoms with Gasteiger partial charge in [0.1, 0.15) is 5.82 Å².